The smallest absolute Gasteiger partial charge is 0.410 e. The van der Waals surface area contributed by atoms with Crippen LogP contribution in [-0.4, -0.2) is 139 Å². The second-order valence-electron chi connectivity index (χ2n) is 21.5. The minimum atomic E-state index is -0.663. The molecule has 0 aromatic heterocycles. The second kappa shape index (κ2) is 13.4. The zero-order valence-corrected chi connectivity index (χ0v) is 34.9. The molecule has 9 aliphatic rings. The number of carbonyl (C=O) groups is 2. The Morgan fingerprint density at radius 1 is 0.855 bits per heavy atom. The zero-order valence-electron chi connectivity index (χ0n) is 34.9. The highest BCUT2D eigenvalue weighted by Gasteiger charge is 2.85. The molecule has 0 radical (unpaired) electrons. The van der Waals surface area contributed by atoms with Gasteiger partial charge in [0.15, 0.2) is 0 Å². The maximum atomic E-state index is 13.7. The van der Waals surface area contributed by atoms with Crippen LogP contribution in [0.15, 0.2) is 0 Å². The summed E-state index contributed by atoms with van der Waals surface area (Å²) in [5, 5.41) is 12.7. The van der Waals surface area contributed by atoms with Crippen molar-refractivity contribution < 1.29 is 33.3 Å². The number of piperazine rings is 1. The number of alkyl halides is 1. The van der Waals surface area contributed by atoms with Gasteiger partial charge in [-0.15, -0.1) is 0 Å². The summed E-state index contributed by atoms with van der Waals surface area (Å²) in [5.41, 5.74) is 0.0455. The first kappa shape index (κ1) is 38.8. The fraction of sp³-hybridized carbons (Fsp3) is 0.955. The number of hydrogen-bond donors (Lipinski definition) is 1. The van der Waals surface area contributed by atoms with Crippen LogP contribution in [0.2, 0.25) is 0 Å². The molecule has 10 nitrogen and oxygen atoms in total. The zero-order chi connectivity index (χ0) is 38.9. The van der Waals surface area contributed by atoms with Crippen molar-refractivity contribution >= 4 is 12.2 Å². The van der Waals surface area contributed by atoms with Gasteiger partial charge in [-0.1, -0.05) is 48.5 Å². The van der Waals surface area contributed by atoms with Crippen molar-refractivity contribution in [2.75, 3.05) is 65.4 Å². The van der Waals surface area contributed by atoms with Crippen LogP contribution in [0, 0.1) is 56.7 Å². The summed E-state index contributed by atoms with van der Waals surface area (Å²) in [6.45, 7) is 23.8. The summed E-state index contributed by atoms with van der Waals surface area (Å²) < 4.78 is 32.9. The van der Waals surface area contributed by atoms with E-state index in [1.807, 2.05) is 4.90 Å². The summed E-state index contributed by atoms with van der Waals surface area (Å²) >= 11 is 0. The van der Waals surface area contributed by atoms with E-state index in [-0.39, 0.29) is 75.5 Å². The molecule has 4 aliphatic heterocycles. The van der Waals surface area contributed by atoms with E-state index in [0.29, 0.717) is 43.9 Å². The van der Waals surface area contributed by atoms with E-state index < -0.39 is 12.3 Å². The van der Waals surface area contributed by atoms with Gasteiger partial charge < -0.3 is 29.1 Å². The quantitative estimate of drug-likeness (QED) is 0.316. The van der Waals surface area contributed by atoms with Gasteiger partial charge in [-0.25, -0.2) is 14.0 Å². The number of aliphatic hydroxyl groups excluding tert-OH is 1. The minimum absolute atomic E-state index is 0.0335. The summed E-state index contributed by atoms with van der Waals surface area (Å²) in [4.78, 5) is 34.9. The molecule has 310 valence electrons. The molecule has 5 saturated carbocycles. The van der Waals surface area contributed by atoms with Gasteiger partial charge in [-0.05, 0) is 104 Å². The highest BCUT2D eigenvalue weighted by atomic mass is 19.1. The molecule has 4 saturated heterocycles. The van der Waals surface area contributed by atoms with Gasteiger partial charge in [0, 0.05) is 76.3 Å². The van der Waals surface area contributed by atoms with Crippen molar-refractivity contribution in [3.8, 4) is 0 Å². The molecule has 4 heterocycles. The van der Waals surface area contributed by atoms with Crippen molar-refractivity contribution in [2.45, 2.75) is 143 Å². The van der Waals surface area contributed by atoms with Gasteiger partial charge in [0.2, 0.25) is 0 Å². The van der Waals surface area contributed by atoms with E-state index in [4.69, 9.17) is 14.2 Å². The number of halogens is 1. The van der Waals surface area contributed by atoms with Gasteiger partial charge in [-0.3, -0.25) is 9.80 Å². The largest absolute Gasteiger partial charge is 0.446 e. The number of hydrogen-bond acceptors (Lipinski definition) is 8. The van der Waals surface area contributed by atoms with Crippen molar-refractivity contribution in [2.24, 2.45) is 56.7 Å². The average Bonchev–Trinajstić information content (AvgIpc) is 3.73. The number of likely N-dealkylation sites (tertiary alicyclic amines) is 2. The first-order valence-electron chi connectivity index (χ1n) is 22.4. The lowest BCUT2D eigenvalue weighted by Gasteiger charge is -2.63. The maximum absolute atomic E-state index is 13.7. The highest BCUT2D eigenvalue weighted by Crippen LogP contribution is 2.89. The Bertz CT molecular complexity index is 1500. The standard InChI is InChI=1S/C44H71FN4O6/c1-27(2)35(55-39(52)48-15-8-16-48)30-23-28(3)34-36(53-30)37(50)42(7)32-10-9-31-40(4,5)33(11-12-43(31)26-44(32,43)14-13-41(34,42)6)54-38(51)49-21-19-46(20-22-49)17-18-47-24-29(45)25-47/h27-37,50H,8-26H2,1-7H3/t28-,30?,31+,32?,33+,34?,35-,36?,37+,41-,42-,43?,44?/m1/s1. The van der Waals surface area contributed by atoms with E-state index in [0.717, 1.165) is 84.2 Å². The Balaban J connectivity index is 0.868. The Morgan fingerprint density at radius 3 is 2.16 bits per heavy atom. The molecule has 2 spiro atoms. The van der Waals surface area contributed by atoms with Crippen LogP contribution in [-0.2, 0) is 14.2 Å². The van der Waals surface area contributed by atoms with Crippen molar-refractivity contribution in [3.63, 3.8) is 0 Å². The monoisotopic (exact) mass is 771 g/mol. The molecule has 5 aliphatic carbocycles. The third kappa shape index (κ3) is 5.63. The fourth-order valence-electron chi connectivity index (χ4n) is 15.4. The van der Waals surface area contributed by atoms with E-state index in [2.05, 4.69) is 58.3 Å². The van der Waals surface area contributed by atoms with Gasteiger partial charge in [0.1, 0.15) is 18.4 Å². The molecular formula is C44H71FN4O6. The number of ether oxygens (including phenoxy) is 3. The molecule has 13 atom stereocenters. The summed E-state index contributed by atoms with van der Waals surface area (Å²) in [5.74, 6) is 1.67. The molecule has 6 unspecified atom stereocenters. The maximum Gasteiger partial charge on any atom is 0.410 e. The van der Waals surface area contributed by atoms with Crippen LogP contribution < -0.4 is 0 Å². The third-order valence-corrected chi connectivity index (χ3v) is 18.7. The molecular weight excluding hydrogens is 700 g/mol. The molecule has 1 N–H and O–H groups in total. The lowest BCUT2D eigenvalue weighted by molar-refractivity contribution is -0.185. The van der Waals surface area contributed by atoms with Crippen LogP contribution in [0.5, 0.6) is 0 Å². The SMILES string of the molecule is CC(C)[C@@H](OC(=O)N1CCC1)C1C[C@@H](C)C2C(O1)[C@H](O)[C@@]1(C)C3CC[C@H]4C(C)(C)[C@@H](OC(=O)N5CCN(CCN6CC(F)C6)CC5)CCC45CC35CC[C@]21C. The second-order valence-corrected chi connectivity index (χ2v) is 21.5. The normalized spacial score (nSPS) is 46.9. The predicted octanol–water partition coefficient (Wildman–Crippen LogP) is 6.44. The molecule has 9 fully saturated rings. The Hall–Kier alpha value is -1.69. The van der Waals surface area contributed by atoms with Crippen LogP contribution in [0.3, 0.4) is 0 Å². The molecule has 0 aromatic rings. The van der Waals surface area contributed by atoms with Crippen molar-refractivity contribution in [1.29, 1.82) is 0 Å². The van der Waals surface area contributed by atoms with Crippen LogP contribution in [0.25, 0.3) is 0 Å². The number of fused-ring (bicyclic) bond motifs is 4. The van der Waals surface area contributed by atoms with Crippen LogP contribution in [0.1, 0.15) is 106 Å². The van der Waals surface area contributed by atoms with Crippen molar-refractivity contribution in [3.05, 3.63) is 0 Å². The Kier molecular flexibility index (Phi) is 9.47. The average molecular weight is 771 g/mol. The van der Waals surface area contributed by atoms with Gasteiger partial charge >= 0.3 is 12.2 Å². The Morgan fingerprint density at radius 2 is 1.51 bits per heavy atom. The lowest BCUT2D eigenvalue weighted by Crippen LogP contribution is -2.60. The first-order valence-corrected chi connectivity index (χ1v) is 22.4. The fourth-order valence-corrected chi connectivity index (χ4v) is 15.4. The summed E-state index contributed by atoms with van der Waals surface area (Å²) in [6, 6.07) is 0. The third-order valence-electron chi connectivity index (χ3n) is 18.7. The van der Waals surface area contributed by atoms with E-state index in [9.17, 15) is 19.1 Å². The first-order chi connectivity index (χ1) is 26.1. The topological polar surface area (TPSA) is 95.0 Å². The molecule has 55 heavy (non-hydrogen) atoms. The molecule has 2 amide bonds. The number of carbonyl (C=O) groups excluding carboxylic acids is 2. The lowest BCUT2D eigenvalue weighted by atomic mass is 9.41. The van der Waals surface area contributed by atoms with Crippen molar-refractivity contribution in [1.82, 2.24) is 19.6 Å². The Labute approximate surface area is 329 Å². The van der Waals surface area contributed by atoms with Gasteiger partial charge in [0.05, 0.1) is 18.3 Å². The summed E-state index contributed by atoms with van der Waals surface area (Å²) in [6.07, 6.45) is 7.16. The summed E-state index contributed by atoms with van der Waals surface area (Å²) in [7, 11) is 0. The molecule has 0 aromatic carbocycles. The van der Waals surface area contributed by atoms with E-state index >= 15 is 0 Å². The van der Waals surface area contributed by atoms with Gasteiger partial charge in [-0.2, -0.15) is 0 Å². The minimum Gasteiger partial charge on any atom is -0.446 e. The predicted molar refractivity (Wildman–Crippen MR) is 207 cm³/mol. The molecule has 0 bridgehead atoms. The van der Waals surface area contributed by atoms with E-state index in [1.54, 1.807) is 4.90 Å². The van der Waals surface area contributed by atoms with Crippen LogP contribution >= 0.6 is 0 Å². The number of amides is 2. The molecule has 11 heteroatoms. The van der Waals surface area contributed by atoms with Crippen LogP contribution in [0.4, 0.5) is 14.0 Å². The number of aliphatic hydroxyl groups is 1. The van der Waals surface area contributed by atoms with Gasteiger partial charge in [0.25, 0.3) is 0 Å². The number of rotatable bonds is 7. The highest BCUT2D eigenvalue weighted by molar-refractivity contribution is 5.69. The molecule has 9 rings (SSSR count). The number of nitrogens with zero attached hydrogens (tertiary/aromatic N) is 4. The van der Waals surface area contributed by atoms with E-state index in [1.165, 1.54) is 12.8 Å².